The van der Waals surface area contributed by atoms with Gasteiger partial charge in [-0.15, -0.1) is 0 Å². The van der Waals surface area contributed by atoms with E-state index in [-0.39, 0.29) is 18.4 Å². The molecule has 7 heteroatoms. The van der Waals surface area contributed by atoms with E-state index in [9.17, 15) is 14.7 Å². The molecule has 2 heterocycles. The van der Waals surface area contributed by atoms with Crippen LogP contribution in [0.15, 0.2) is 42.9 Å². The fourth-order valence-corrected chi connectivity index (χ4v) is 3.23. The van der Waals surface area contributed by atoms with Crippen molar-refractivity contribution in [3.63, 3.8) is 0 Å². The van der Waals surface area contributed by atoms with Crippen LogP contribution in [0.3, 0.4) is 0 Å². The van der Waals surface area contributed by atoms with Gasteiger partial charge in [-0.2, -0.15) is 0 Å². The summed E-state index contributed by atoms with van der Waals surface area (Å²) in [4.78, 5) is 34.2. The quantitative estimate of drug-likeness (QED) is 0.886. The van der Waals surface area contributed by atoms with Gasteiger partial charge in [0.2, 0.25) is 5.88 Å². The highest BCUT2D eigenvalue weighted by Crippen LogP contribution is 2.38. The summed E-state index contributed by atoms with van der Waals surface area (Å²) in [5.74, 6) is -0.281. The predicted molar refractivity (Wildman–Crippen MR) is 94.0 cm³/mol. The summed E-state index contributed by atoms with van der Waals surface area (Å²) in [6.45, 7) is 4.42. The summed E-state index contributed by atoms with van der Waals surface area (Å²) in [7, 11) is 0. The zero-order valence-electron chi connectivity index (χ0n) is 14.8. The van der Waals surface area contributed by atoms with E-state index in [1.54, 1.807) is 35.4 Å². The Bertz CT molecular complexity index is 809. The SMILES string of the molecule is CC(C)C1(C(=O)O)CCN(C(=O)c2cccc(Oc3cnccn3)c2)C1. The van der Waals surface area contributed by atoms with Gasteiger partial charge in [0.1, 0.15) is 5.75 Å². The second kappa shape index (κ2) is 7.11. The van der Waals surface area contributed by atoms with Gasteiger partial charge in [0.05, 0.1) is 11.6 Å². The van der Waals surface area contributed by atoms with Crippen LogP contribution in [-0.2, 0) is 4.79 Å². The number of carboxylic acid groups (broad SMARTS) is 1. The Hall–Kier alpha value is -2.96. The number of hydrogen-bond donors (Lipinski definition) is 1. The smallest absolute Gasteiger partial charge is 0.311 e. The molecule has 0 radical (unpaired) electrons. The zero-order chi connectivity index (χ0) is 18.7. The first-order chi connectivity index (χ1) is 12.4. The molecule has 1 amide bonds. The minimum absolute atomic E-state index is 0.0517. The Labute approximate surface area is 151 Å². The number of hydrogen-bond acceptors (Lipinski definition) is 5. The van der Waals surface area contributed by atoms with Gasteiger partial charge in [-0.05, 0) is 30.5 Å². The average molecular weight is 355 g/mol. The van der Waals surface area contributed by atoms with Crippen LogP contribution >= 0.6 is 0 Å². The maximum Gasteiger partial charge on any atom is 0.311 e. The van der Waals surface area contributed by atoms with E-state index >= 15 is 0 Å². The lowest BCUT2D eigenvalue weighted by Crippen LogP contribution is -2.40. The molecule has 0 bridgehead atoms. The molecule has 1 fully saturated rings. The third-order valence-corrected chi connectivity index (χ3v) is 4.96. The fraction of sp³-hybridized carbons (Fsp3) is 0.368. The lowest BCUT2D eigenvalue weighted by atomic mass is 9.76. The number of ether oxygens (including phenoxy) is 1. The maximum atomic E-state index is 12.8. The first-order valence-corrected chi connectivity index (χ1v) is 8.49. The molecule has 1 aromatic carbocycles. The number of benzene rings is 1. The van der Waals surface area contributed by atoms with E-state index in [1.807, 2.05) is 13.8 Å². The fourth-order valence-electron chi connectivity index (χ4n) is 3.23. The molecular weight excluding hydrogens is 334 g/mol. The number of carbonyl (C=O) groups is 2. The molecule has 0 spiro atoms. The van der Waals surface area contributed by atoms with Gasteiger partial charge in [0, 0.05) is 31.0 Å². The third kappa shape index (κ3) is 3.37. The Morgan fingerprint density at radius 3 is 2.73 bits per heavy atom. The van der Waals surface area contributed by atoms with E-state index in [0.29, 0.717) is 30.2 Å². The zero-order valence-corrected chi connectivity index (χ0v) is 14.8. The van der Waals surface area contributed by atoms with Crippen LogP contribution in [0.2, 0.25) is 0 Å². The van der Waals surface area contributed by atoms with Crippen LogP contribution in [0, 0.1) is 11.3 Å². The highest BCUT2D eigenvalue weighted by Gasteiger charge is 2.48. The van der Waals surface area contributed by atoms with Gasteiger partial charge in [-0.1, -0.05) is 19.9 Å². The second-order valence-corrected chi connectivity index (χ2v) is 6.77. The molecule has 1 saturated heterocycles. The van der Waals surface area contributed by atoms with E-state index < -0.39 is 11.4 Å². The summed E-state index contributed by atoms with van der Waals surface area (Å²) in [5.41, 5.74) is -0.431. The Morgan fingerprint density at radius 1 is 1.31 bits per heavy atom. The highest BCUT2D eigenvalue weighted by atomic mass is 16.5. The van der Waals surface area contributed by atoms with Crippen LogP contribution in [0.4, 0.5) is 0 Å². The standard InChI is InChI=1S/C19H21N3O4/c1-13(2)19(18(24)25)6-9-22(12-19)17(23)14-4-3-5-15(10-14)26-16-11-20-7-8-21-16/h3-5,7-8,10-11,13H,6,9,12H2,1-2H3,(H,24,25). The maximum absolute atomic E-state index is 12.8. The number of nitrogens with zero attached hydrogens (tertiary/aromatic N) is 3. The number of aromatic nitrogens is 2. The molecule has 7 nitrogen and oxygen atoms in total. The van der Waals surface area contributed by atoms with Crippen molar-refractivity contribution >= 4 is 11.9 Å². The van der Waals surface area contributed by atoms with Gasteiger partial charge in [-0.3, -0.25) is 14.6 Å². The molecule has 1 unspecified atom stereocenters. The van der Waals surface area contributed by atoms with E-state index in [2.05, 4.69) is 9.97 Å². The molecule has 0 aliphatic carbocycles. The first-order valence-electron chi connectivity index (χ1n) is 8.49. The average Bonchev–Trinajstić information content (AvgIpc) is 3.09. The normalized spacial score (nSPS) is 19.6. The largest absolute Gasteiger partial charge is 0.481 e. The number of carboxylic acids is 1. The van der Waals surface area contributed by atoms with E-state index in [0.717, 1.165) is 0 Å². The summed E-state index contributed by atoms with van der Waals surface area (Å²) in [5, 5.41) is 9.64. The first kappa shape index (κ1) is 17.8. The molecule has 3 rings (SSSR count). The van der Waals surface area contributed by atoms with Crippen molar-refractivity contribution in [3.8, 4) is 11.6 Å². The topological polar surface area (TPSA) is 92.6 Å². The van der Waals surface area contributed by atoms with Crippen LogP contribution in [0.25, 0.3) is 0 Å². The molecule has 26 heavy (non-hydrogen) atoms. The van der Waals surface area contributed by atoms with Gasteiger partial charge >= 0.3 is 5.97 Å². The van der Waals surface area contributed by atoms with Crippen molar-refractivity contribution in [3.05, 3.63) is 48.4 Å². The molecule has 2 aromatic rings. The van der Waals surface area contributed by atoms with Crippen LogP contribution in [0.5, 0.6) is 11.6 Å². The second-order valence-electron chi connectivity index (χ2n) is 6.77. The van der Waals surface area contributed by atoms with Crippen LogP contribution in [0.1, 0.15) is 30.6 Å². The van der Waals surface area contributed by atoms with E-state index in [1.165, 1.54) is 12.4 Å². The van der Waals surface area contributed by atoms with Gasteiger partial charge in [0.25, 0.3) is 5.91 Å². The minimum Gasteiger partial charge on any atom is -0.481 e. The number of aliphatic carboxylic acids is 1. The van der Waals surface area contributed by atoms with Gasteiger partial charge in [-0.25, -0.2) is 4.98 Å². The van der Waals surface area contributed by atoms with Crippen molar-refractivity contribution < 1.29 is 19.4 Å². The molecule has 1 N–H and O–H groups in total. The van der Waals surface area contributed by atoms with Crippen LogP contribution < -0.4 is 4.74 Å². The highest BCUT2D eigenvalue weighted by molar-refractivity contribution is 5.95. The van der Waals surface area contributed by atoms with Crippen molar-refractivity contribution in [2.45, 2.75) is 20.3 Å². The van der Waals surface area contributed by atoms with Crippen molar-refractivity contribution in [2.75, 3.05) is 13.1 Å². The van der Waals surface area contributed by atoms with Crippen molar-refractivity contribution in [1.82, 2.24) is 14.9 Å². The summed E-state index contributed by atoms with van der Waals surface area (Å²) < 4.78 is 5.61. The predicted octanol–water partition coefficient (Wildman–Crippen LogP) is 2.84. The van der Waals surface area contributed by atoms with Crippen molar-refractivity contribution in [2.24, 2.45) is 11.3 Å². The molecule has 1 aliphatic heterocycles. The number of rotatable bonds is 5. The van der Waals surface area contributed by atoms with E-state index in [4.69, 9.17) is 4.74 Å². The molecule has 1 aromatic heterocycles. The molecule has 1 aliphatic rings. The molecule has 136 valence electrons. The summed E-state index contributed by atoms with van der Waals surface area (Å²) in [6.07, 6.45) is 5.01. The monoisotopic (exact) mass is 355 g/mol. The number of carbonyl (C=O) groups excluding carboxylic acids is 1. The molecule has 0 saturated carbocycles. The number of amides is 1. The summed E-state index contributed by atoms with van der Waals surface area (Å²) >= 11 is 0. The minimum atomic E-state index is -0.886. The Kier molecular flexibility index (Phi) is 4.88. The lowest BCUT2D eigenvalue weighted by Gasteiger charge is -2.28. The van der Waals surface area contributed by atoms with Gasteiger partial charge < -0.3 is 14.7 Å². The third-order valence-electron chi connectivity index (χ3n) is 4.96. The Balaban J connectivity index is 1.77. The molecular formula is C19H21N3O4. The van der Waals surface area contributed by atoms with Gasteiger partial charge in [0.15, 0.2) is 0 Å². The Morgan fingerprint density at radius 2 is 2.12 bits per heavy atom. The van der Waals surface area contributed by atoms with Crippen molar-refractivity contribution in [1.29, 1.82) is 0 Å². The molecule has 1 atom stereocenters. The lowest BCUT2D eigenvalue weighted by molar-refractivity contribution is -0.150. The van der Waals surface area contributed by atoms with Crippen LogP contribution in [-0.4, -0.2) is 44.9 Å². The number of likely N-dealkylation sites (tertiary alicyclic amines) is 1. The summed E-state index contributed by atoms with van der Waals surface area (Å²) in [6, 6.07) is 6.78.